The minimum absolute atomic E-state index is 0.437. The van der Waals surface area contributed by atoms with Gasteiger partial charge in [-0.2, -0.15) is 0 Å². The highest BCUT2D eigenvalue weighted by atomic mass is 16.5. The Morgan fingerprint density at radius 1 is 1.38 bits per heavy atom. The van der Waals surface area contributed by atoms with Crippen molar-refractivity contribution in [2.24, 2.45) is 0 Å². The number of rotatable bonds is 4. The summed E-state index contributed by atoms with van der Waals surface area (Å²) >= 11 is 0. The topological polar surface area (TPSA) is 75.9 Å². The van der Waals surface area contributed by atoms with Crippen LogP contribution in [0.1, 0.15) is 37.1 Å². The van der Waals surface area contributed by atoms with E-state index in [1.54, 1.807) is 0 Å². The maximum Gasteiger partial charge on any atom is 0.222 e. The van der Waals surface area contributed by atoms with Gasteiger partial charge in [0.25, 0.3) is 0 Å². The van der Waals surface area contributed by atoms with E-state index in [2.05, 4.69) is 20.8 Å². The van der Waals surface area contributed by atoms with Crippen molar-refractivity contribution in [2.45, 2.75) is 32.6 Å². The van der Waals surface area contributed by atoms with Crippen molar-refractivity contribution in [3.8, 4) is 11.3 Å². The molecule has 2 aromatic rings. The molecule has 0 amide bonds. The van der Waals surface area contributed by atoms with Gasteiger partial charge in [-0.1, -0.05) is 5.16 Å². The zero-order chi connectivity index (χ0) is 14.7. The molecular formula is C15H21N5O. The Balaban J connectivity index is 2.01. The largest absolute Gasteiger partial charge is 0.356 e. The molecular weight excluding hydrogens is 266 g/mol. The quantitative estimate of drug-likeness (QED) is 0.899. The van der Waals surface area contributed by atoms with Crippen molar-refractivity contribution >= 4 is 5.95 Å². The third-order valence-electron chi connectivity index (χ3n) is 3.77. The van der Waals surface area contributed by atoms with Crippen LogP contribution >= 0.6 is 0 Å². The molecule has 2 N–H and O–H groups in total. The molecule has 3 rings (SSSR count). The van der Waals surface area contributed by atoms with E-state index in [-0.39, 0.29) is 0 Å². The van der Waals surface area contributed by atoms with Crippen molar-refractivity contribution < 1.29 is 4.52 Å². The summed E-state index contributed by atoms with van der Waals surface area (Å²) in [6.07, 6.45) is 4.02. The van der Waals surface area contributed by atoms with Crippen LogP contribution in [0, 0.1) is 6.92 Å². The first-order valence-electron chi connectivity index (χ1n) is 7.53. The maximum atomic E-state index is 5.42. The van der Waals surface area contributed by atoms with E-state index in [0.717, 1.165) is 55.2 Å². The molecule has 1 aliphatic heterocycles. The number of hydrogen-bond donors (Lipinski definition) is 2. The summed E-state index contributed by atoms with van der Waals surface area (Å²) in [5, 5.41) is 10.6. The molecule has 0 atom stereocenters. The lowest BCUT2D eigenvalue weighted by molar-refractivity contribution is 0.422. The monoisotopic (exact) mass is 287 g/mol. The van der Waals surface area contributed by atoms with E-state index in [1.165, 1.54) is 0 Å². The first-order chi connectivity index (χ1) is 10.3. The van der Waals surface area contributed by atoms with Gasteiger partial charge in [-0.05, 0) is 39.8 Å². The predicted octanol–water partition coefficient (Wildman–Crippen LogP) is 2.34. The second-order valence-electron chi connectivity index (χ2n) is 5.38. The van der Waals surface area contributed by atoms with Gasteiger partial charge in [0.2, 0.25) is 5.95 Å². The number of aromatic nitrogens is 3. The van der Waals surface area contributed by atoms with Crippen LogP contribution in [-0.2, 0) is 0 Å². The minimum Gasteiger partial charge on any atom is -0.356 e. The van der Waals surface area contributed by atoms with Crippen molar-refractivity contribution in [1.29, 1.82) is 0 Å². The molecule has 0 saturated carbocycles. The van der Waals surface area contributed by atoms with Crippen molar-refractivity contribution in [3.63, 3.8) is 0 Å². The molecule has 1 saturated heterocycles. The maximum absolute atomic E-state index is 5.42. The van der Waals surface area contributed by atoms with Crippen LogP contribution < -0.4 is 10.6 Å². The van der Waals surface area contributed by atoms with Gasteiger partial charge >= 0.3 is 0 Å². The highest BCUT2D eigenvalue weighted by Crippen LogP contribution is 2.33. The zero-order valence-corrected chi connectivity index (χ0v) is 12.5. The highest BCUT2D eigenvalue weighted by Gasteiger charge is 2.23. The second kappa shape index (κ2) is 6.22. The lowest BCUT2D eigenvalue weighted by Crippen LogP contribution is -2.27. The molecule has 21 heavy (non-hydrogen) atoms. The highest BCUT2D eigenvalue weighted by molar-refractivity contribution is 5.61. The molecule has 0 aliphatic carbocycles. The molecule has 0 spiro atoms. The van der Waals surface area contributed by atoms with Crippen LogP contribution in [0.25, 0.3) is 11.3 Å². The number of nitrogens with one attached hydrogen (secondary N) is 2. The van der Waals surface area contributed by atoms with Gasteiger partial charge in [0.15, 0.2) is 5.76 Å². The van der Waals surface area contributed by atoms with Crippen LogP contribution in [0.5, 0.6) is 0 Å². The summed E-state index contributed by atoms with van der Waals surface area (Å²) in [6, 6.07) is 1.94. The number of anilines is 1. The minimum atomic E-state index is 0.437. The summed E-state index contributed by atoms with van der Waals surface area (Å²) < 4.78 is 5.42. The fraction of sp³-hybridized carbons (Fsp3) is 0.533. The summed E-state index contributed by atoms with van der Waals surface area (Å²) in [7, 11) is 0. The van der Waals surface area contributed by atoms with Crippen molar-refractivity contribution in [2.75, 3.05) is 25.0 Å². The first kappa shape index (κ1) is 14.0. The number of piperidine rings is 1. The van der Waals surface area contributed by atoms with Gasteiger partial charge in [0.05, 0.1) is 17.0 Å². The van der Waals surface area contributed by atoms with Crippen LogP contribution in [0.15, 0.2) is 16.8 Å². The van der Waals surface area contributed by atoms with Gasteiger partial charge in [-0.3, -0.25) is 0 Å². The van der Waals surface area contributed by atoms with E-state index < -0.39 is 0 Å². The molecule has 6 nitrogen and oxygen atoms in total. The third-order valence-corrected chi connectivity index (χ3v) is 3.77. The Morgan fingerprint density at radius 3 is 2.86 bits per heavy atom. The molecule has 0 bridgehead atoms. The fourth-order valence-electron chi connectivity index (χ4n) is 2.73. The van der Waals surface area contributed by atoms with E-state index in [0.29, 0.717) is 11.9 Å². The van der Waals surface area contributed by atoms with Crippen molar-refractivity contribution in [3.05, 3.63) is 23.7 Å². The Morgan fingerprint density at radius 2 is 2.19 bits per heavy atom. The van der Waals surface area contributed by atoms with E-state index >= 15 is 0 Å². The summed E-state index contributed by atoms with van der Waals surface area (Å²) in [4.78, 5) is 9.12. The zero-order valence-electron chi connectivity index (χ0n) is 12.5. The Bertz CT molecular complexity index is 604. The van der Waals surface area contributed by atoms with Gasteiger partial charge in [-0.25, -0.2) is 9.97 Å². The van der Waals surface area contributed by atoms with E-state index in [9.17, 15) is 0 Å². The van der Waals surface area contributed by atoms with Crippen LogP contribution in [0.4, 0.5) is 5.95 Å². The van der Waals surface area contributed by atoms with Crippen LogP contribution in [-0.4, -0.2) is 34.8 Å². The Kier molecular flexibility index (Phi) is 4.15. The van der Waals surface area contributed by atoms with Crippen LogP contribution in [0.2, 0.25) is 0 Å². The average molecular weight is 287 g/mol. The lowest BCUT2D eigenvalue weighted by Gasteiger charge is -2.23. The molecule has 1 aliphatic rings. The summed E-state index contributed by atoms with van der Waals surface area (Å²) in [5.41, 5.74) is 2.90. The Hall–Kier alpha value is -1.95. The van der Waals surface area contributed by atoms with Crippen LogP contribution in [0.3, 0.4) is 0 Å². The number of aryl methyl sites for hydroxylation is 1. The summed E-state index contributed by atoms with van der Waals surface area (Å²) in [5.74, 6) is 1.88. The SMILES string of the molecule is CCNc1ncc(-c2cc(C)no2)c(C2CCNCC2)n1. The van der Waals surface area contributed by atoms with Gasteiger partial charge < -0.3 is 15.2 Å². The first-order valence-corrected chi connectivity index (χ1v) is 7.53. The molecule has 1 fully saturated rings. The Labute approximate surface area is 124 Å². The molecule has 3 heterocycles. The predicted molar refractivity (Wildman–Crippen MR) is 81.3 cm³/mol. The fourth-order valence-corrected chi connectivity index (χ4v) is 2.73. The normalized spacial score (nSPS) is 16.1. The molecule has 0 unspecified atom stereocenters. The van der Waals surface area contributed by atoms with Crippen molar-refractivity contribution in [1.82, 2.24) is 20.4 Å². The molecule has 2 aromatic heterocycles. The molecule has 112 valence electrons. The lowest BCUT2D eigenvalue weighted by atomic mass is 9.91. The van der Waals surface area contributed by atoms with Gasteiger partial charge in [-0.15, -0.1) is 0 Å². The third kappa shape index (κ3) is 3.05. The smallest absolute Gasteiger partial charge is 0.222 e. The second-order valence-corrected chi connectivity index (χ2v) is 5.38. The van der Waals surface area contributed by atoms with E-state index in [1.807, 2.05) is 26.1 Å². The summed E-state index contributed by atoms with van der Waals surface area (Å²) in [6.45, 7) is 6.83. The molecule has 0 aromatic carbocycles. The van der Waals surface area contributed by atoms with Gasteiger partial charge in [0.1, 0.15) is 0 Å². The molecule has 6 heteroatoms. The standard InChI is InChI=1S/C15H21N5O/c1-3-17-15-18-9-12(13-8-10(2)20-21-13)14(19-15)11-4-6-16-7-5-11/h8-9,11,16H,3-7H2,1-2H3,(H,17,18,19). The molecule has 0 radical (unpaired) electrons. The average Bonchev–Trinajstić information content (AvgIpc) is 2.95. The van der Waals surface area contributed by atoms with E-state index in [4.69, 9.17) is 9.51 Å². The van der Waals surface area contributed by atoms with Gasteiger partial charge in [0, 0.05) is 24.7 Å². The number of hydrogen-bond acceptors (Lipinski definition) is 6. The number of nitrogens with zero attached hydrogens (tertiary/aromatic N) is 3.